The van der Waals surface area contributed by atoms with Crippen LogP contribution >= 0.6 is 11.6 Å². The Labute approximate surface area is 169 Å². The van der Waals surface area contributed by atoms with Crippen molar-refractivity contribution in [2.75, 3.05) is 22.5 Å². The second-order valence-corrected chi connectivity index (χ2v) is 8.26. The molecule has 1 amide bonds. The molecule has 0 saturated carbocycles. The molecule has 0 radical (unpaired) electrons. The van der Waals surface area contributed by atoms with Gasteiger partial charge in [0, 0.05) is 5.02 Å². The second-order valence-electron chi connectivity index (χ2n) is 5.97. The largest absolute Gasteiger partial charge is 0.462 e. The molecule has 0 fully saturated rings. The van der Waals surface area contributed by atoms with Crippen LogP contribution in [0.25, 0.3) is 0 Å². The Morgan fingerprint density at radius 3 is 2.32 bits per heavy atom. The molecule has 9 heteroatoms. The maximum atomic E-state index is 12.8. The lowest BCUT2D eigenvalue weighted by molar-refractivity contribution is -0.116. The number of esters is 1. The lowest BCUT2D eigenvalue weighted by atomic mass is 10.1. The summed E-state index contributed by atoms with van der Waals surface area (Å²) in [4.78, 5) is 24.8. The number of para-hydroxylation sites is 1. The van der Waals surface area contributed by atoms with E-state index in [0.717, 1.165) is 10.6 Å². The molecule has 0 unspecified atom stereocenters. The van der Waals surface area contributed by atoms with Gasteiger partial charge in [-0.1, -0.05) is 23.7 Å². The van der Waals surface area contributed by atoms with Crippen LogP contribution < -0.4 is 9.62 Å². The normalized spacial score (nSPS) is 12.1. The standard InChI is InChI=1S/C19H21ClN2O5S/c1-4-27-19(24)16-7-5-6-8-17(16)21-18(23)13(2)22(28(3,25)26)15-11-9-14(20)10-12-15/h5-13H,4H2,1-3H3,(H,21,23)/t13-/m0/s1. The van der Waals surface area contributed by atoms with Gasteiger partial charge < -0.3 is 10.1 Å². The summed E-state index contributed by atoms with van der Waals surface area (Å²) in [5.74, 6) is -1.18. The van der Waals surface area contributed by atoms with Crippen LogP contribution in [0.15, 0.2) is 48.5 Å². The predicted octanol–water partition coefficient (Wildman–Crippen LogP) is 3.31. The molecule has 0 bridgehead atoms. The highest BCUT2D eigenvalue weighted by Crippen LogP contribution is 2.24. The molecule has 7 nitrogen and oxygen atoms in total. The Kier molecular flexibility index (Phi) is 7.04. The summed E-state index contributed by atoms with van der Waals surface area (Å²) in [5, 5.41) is 3.05. The molecule has 2 aromatic carbocycles. The smallest absolute Gasteiger partial charge is 0.340 e. The molecule has 2 rings (SSSR count). The highest BCUT2D eigenvalue weighted by Gasteiger charge is 2.29. The number of halogens is 1. The summed E-state index contributed by atoms with van der Waals surface area (Å²) in [7, 11) is -3.76. The van der Waals surface area contributed by atoms with Gasteiger partial charge in [0.15, 0.2) is 0 Å². The van der Waals surface area contributed by atoms with Crippen molar-refractivity contribution in [3.63, 3.8) is 0 Å². The molecule has 28 heavy (non-hydrogen) atoms. The molecule has 2 aromatic rings. The number of amides is 1. The van der Waals surface area contributed by atoms with Crippen molar-refractivity contribution in [3.8, 4) is 0 Å². The van der Waals surface area contributed by atoms with Gasteiger partial charge in [-0.05, 0) is 50.2 Å². The SMILES string of the molecule is CCOC(=O)c1ccccc1NC(=O)[C@H](C)N(c1ccc(Cl)cc1)S(C)(=O)=O. The van der Waals surface area contributed by atoms with Gasteiger partial charge >= 0.3 is 5.97 Å². The molecule has 0 aliphatic heterocycles. The minimum atomic E-state index is -3.76. The van der Waals surface area contributed by atoms with E-state index in [4.69, 9.17) is 16.3 Å². The summed E-state index contributed by atoms with van der Waals surface area (Å²) in [6, 6.07) is 11.4. The van der Waals surface area contributed by atoms with E-state index in [1.54, 1.807) is 25.1 Å². The molecule has 0 spiro atoms. The van der Waals surface area contributed by atoms with E-state index in [1.807, 2.05) is 0 Å². The van der Waals surface area contributed by atoms with Crippen molar-refractivity contribution in [3.05, 3.63) is 59.1 Å². The van der Waals surface area contributed by atoms with Crippen LogP contribution in [0.4, 0.5) is 11.4 Å². The van der Waals surface area contributed by atoms with E-state index in [1.165, 1.54) is 37.3 Å². The first-order valence-electron chi connectivity index (χ1n) is 8.47. The summed E-state index contributed by atoms with van der Waals surface area (Å²) < 4.78 is 30.6. The van der Waals surface area contributed by atoms with Gasteiger partial charge in [0.2, 0.25) is 15.9 Å². The lowest BCUT2D eigenvalue weighted by Gasteiger charge is -2.28. The number of nitrogens with one attached hydrogen (secondary N) is 1. The molecule has 1 N–H and O–H groups in total. The van der Waals surface area contributed by atoms with Crippen molar-refractivity contribution in [1.82, 2.24) is 0 Å². The Morgan fingerprint density at radius 2 is 1.75 bits per heavy atom. The van der Waals surface area contributed by atoms with Crippen LogP contribution in [0.1, 0.15) is 24.2 Å². The molecular weight excluding hydrogens is 404 g/mol. The molecule has 0 aliphatic rings. The molecule has 0 heterocycles. The number of hydrogen-bond acceptors (Lipinski definition) is 5. The van der Waals surface area contributed by atoms with E-state index < -0.39 is 27.9 Å². The number of carbonyl (C=O) groups excluding carboxylic acids is 2. The highest BCUT2D eigenvalue weighted by molar-refractivity contribution is 7.92. The van der Waals surface area contributed by atoms with E-state index in [-0.39, 0.29) is 17.9 Å². The third-order valence-electron chi connectivity index (χ3n) is 3.85. The van der Waals surface area contributed by atoms with Crippen LogP contribution in [0.5, 0.6) is 0 Å². The number of rotatable bonds is 7. The second kappa shape index (κ2) is 9.07. The molecule has 0 aromatic heterocycles. The number of benzene rings is 2. The Balaban J connectivity index is 2.32. The van der Waals surface area contributed by atoms with Crippen molar-refractivity contribution < 1.29 is 22.7 Å². The zero-order valence-electron chi connectivity index (χ0n) is 15.7. The number of carbonyl (C=O) groups is 2. The minimum absolute atomic E-state index is 0.183. The van der Waals surface area contributed by atoms with Gasteiger partial charge in [0.05, 0.1) is 29.8 Å². The van der Waals surface area contributed by atoms with E-state index >= 15 is 0 Å². The van der Waals surface area contributed by atoms with Gasteiger partial charge in [-0.3, -0.25) is 9.10 Å². The van der Waals surface area contributed by atoms with Gasteiger partial charge in [0.25, 0.3) is 0 Å². The van der Waals surface area contributed by atoms with Crippen molar-refractivity contribution in [2.24, 2.45) is 0 Å². The Bertz CT molecular complexity index is 961. The van der Waals surface area contributed by atoms with Gasteiger partial charge in [-0.2, -0.15) is 0 Å². The Hall–Kier alpha value is -2.58. The molecule has 0 aliphatic carbocycles. The zero-order chi connectivity index (χ0) is 20.9. The topological polar surface area (TPSA) is 92.8 Å². The first kappa shape index (κ1) is 21.7. The van der Waals surface area contributed by atoms with Crippen LogP contribution in [0.2, 0.25) is 5.02 Å². The van der Waals surface area contributed by atoms with Crippen molar-refractivity contribution in [2.45, 2.75) is 19.9 Å². The fourth-order valence-electron chi connectivity index (χ4n) is 2.61. The van der Waals surface area contributed by atoms with Crippen molar-refractivity contribution in [1.29, 1.82) is 0 Å². The average Bonchev–Trinajstić information content (AvgIpc) is 2.63. The van der Waals surface area contributed by atoms with Gasteiger partial charge in [0.1, 0.15) is 6.04 Å². The predicted molar refractivity (Wildman–Crippen MR) is 109 cm³/mol. The summed E-state index contributed by atoms with van der Waals surface area (Å²) in [6.07, 6.45) is 1.01. The number of anilines is 2. The molecule has 1 atom stereocenters. The van der Waals surface area contributed by atoms with Gasteiger partial charge in [-0.15, -0.1) is 0 Å². The number of sulfonamides is 1. The maximum Gasteiger partial charge on any atom is 0.340 e. The fourth-order valence-corrected chi connectivity index (χ4v) is 3.91. The molecule has 0 saturated heterocycles. The maximum absolute atomic E-state index is 12.8. The third-order valence-corrected chi connectivity index (χ3v) is 5.34. The Morgan fingerprint density at radius 1 is 1.14 bits per heavy atom. The molecule has 150 valence electrons. The number of hydrogen-bond donors (Lipinski definition) is 1. The third kappa shape index (κ3) is 5.24. The van der Waals surface area contributed by atoms with Crippen LogP contribution in [-0.2, 0) is 19.6 Å². The van der Waals surface area contributed by atoms with Crippen LogP contribution in [0, 0.1) is 0 Å². The number of nitrogens with zero attached hydrogens (tertiary/aromatic N) is 1. The monoisotopic (exact) mass is 424 g/mol. The van der Waals surface area contributed by atoms with E-state index in [9.17, 15) is 18.0 Å². The van der Waals surface area contributed by atoms with Crippen molar-refractivity contribution >= 4 is 44.9 Å². The van der Waals surface area contributed by atoms with Gasteiger partial charge in [-0.25, -0.2) is 13.2 Å². The first-order valence-corrected chi connectivity index (χ1v) is 10.7. The molecular formula is C19H21ClN2O5S. The minimum Gasteiger partial charge on any atom is -0.462 e. The average molecular weight is 425 g/mol. The quantitative estimate of drug-likeness (QED) is 0.688. The summed E-state index contributed by atoms with van der Waals surface area (Å²) >= 11 is 5.86. The van der Waals surface area contributed by atoms with E-state index in [2.05, 4.69) is 5.32 Å². The van der Waals surface area contributed by atoms with E-state index in [0.29, 0.717) is 10.7 Å². The van der Waals surface area contributed by atoms with Crippen LogP contribution in [0.3, 0.4) is 0 Å². The zero-order valence-corrected chi connectivity index (χ0v) is 17.3. The highest BCUT2D eigenvalue weighted by atomic mass is 35.5. The summed E-state index contributed by atoms with van der Waals surface area (Å²) in [6.45, 7) is 3.32. The fraction of sp³-hybridized carbons (Fsp3) is 0.263. The lowest BCUT2D eigenvalue weighted by Crippen LogP contribution is -2.45. The summed E-state index contributed by atoms with van der Waals surface area (Å²) in [5.41, 5.74) is 0.720. The first-order chi connectivity index (χ1) is 13.1. The van der Waals surface area contributed by atoms with Crippen LogP contribution in [-0.4, -0.2) is 39.2 Å². The number of ether oxygens (including phenoxy) is 1.